The van der Waals surface area contributed by atoms with Crippen LogP contribution in [0.3, 0.4) is 0 Å². The Kier molecular flexibility index (Phi) is 3.92. The molecule has 23 heavy (non-hydrogen) atoms. The van der Waals surface area contributed by atoms with Crippen molar-refractivity contribution >= 4 is 39.2 Å². The van der Waals surface area contributed by atoms with Gasteiger partial charge in [-0.1, -0.05) is 66.5 Å². The van der Waals surface area contributed by atoms with E-state index in [1.54, 1.807) is 0 Å². The Bertz CT molecular complexity index is 689. The molecule has 2 aliphatic carbocycles. The quantitative estimate of drug-likeness (QED) is 0.779. The second-order valence-corrected chi connectivity index (χ2v) is 8.75. The number of benzene rings is 1. The van der Waals surface area contributed by atoms with Gasteiger partial charge in [0.15, 0.2) is 5.78 Å². The van der Waals surface area contributed by atoms with E-state index in [0.29, 0.717) is 11.6 Å². The highest BCUT2D eigenvalue weighted by Crippen LogP contribution is 2.72. The Labute approximate surface area is 150 Å². The minimum atomic E-state index is -0.694. The molecule has 0 spiro atoms. The molecule has 0 aromatic heterocycles. The number of carbonyl (C=O) groups excluding carboxylic acids is 2. The van der Waals surface area contributed by atoms with Gasteiger partial charge in [0, 0.05) is 17.0 Å². The summed E-state index contributed by atoms with van der Waals surface area (Å²) in [4.78, 5) is 25.4. The number of halogens is 2. The van der Waals surface area contributed by atoms with Crippen molar-refractivity contribution in [1.82, 2.24) is 5.32 Å². The number of alkyl halides is 1. The first-order valence-corrected chi connectivity index (χ1v) is 9.18. The van der Waals surface area contributed by atoms with Crippen LogP contribution in [0, 0.1) is 16.2 Å². The second kappa shape index (κ2) is 5.32. The molecular weight excluding hydrogens is 378 g/mol. The van der Waals surface area contributed by atoms with Crippen molar-refractivity contribution in [2.24, 2.45) is 16.2 Å². The van der Waals surface area contributed by atoms with Crippen LogP contribution < -0.4 is 5.32 Å². The summed E-state index contributed by atoms with van der Waals surface area (Å²) in [5.41, 5.74) is -0.633. The molecular formula is C18H21BrClNO2. The largest absolute Gasteiger partial charge is 0.351 e. The van der Waals surface area contributed by atoms with Crippen molar-refractivity contribution in [3.05, 3.63) is 34.9 Å². The number of hydrogen-bond donors (Lipinski definition) is 1. The van der Waals surface area contributed by atoms with E-state index in [0.717, 1.165) is 18.4 Å². The van der Waals surface area contributed by atoms with Gasteiger partial charge in [-0.3, -0.25) is 9.59 Å². The van der Waals surface area contributed by atoms with Crippen LogP contribution in [0.25, 0.3) is 0 Å². The van der Waals surface area contributed by atoms with Crippen LogP contribution in [0.15, 0.2) is 24.3 Å². The zero-order valence-electron chi connectivity index (χ0n) is 13.6. The third-order valence-corrected chi connectivity index (χ3v) is 8.09. The van der Waals surface area contributed by atoms with Gasteiger partial charge in [0.1, 0.15) is 0 Å². The van der Waals surface area contributed by atoms with Crippen molar-refractivity contribution in [2.75, 3.05) is 0 Å². The average Bonchev–Trinajstić information content (AvgIpc) is 2.78. The zero-order chi connectivity index (χ0) is 17.0. The molecule has 1 aromatic carbocycles. The summed E-state index contributed by atoms with van der Waals surface area (Å²) in [7, 11) is 0. The minimum Gasteiger partial charge on any atom is -0.351 e. The number of carbonyl (C=O) groups is 2. The molecule has 1 amide bonds. The van der Waals surface area contributed by atoms with E-state index in [9.17, 15) is 9.59 Å². The van der Waals surface area contributed by atoms with Gasteiger partial charge >= 0.3 is 0 Å². The summed E-state index contributed by atoms with van der Waals surface area (Å²) in [6.07, 6.45) is 1.49. The van der Waals surface area contributed by atoms with Gasteiger partial charge in [0.25, 0.3) is 0 Å². The molecule has 2 saturated carbocycles. The van der Waals surface area contributed by atoms with Crippen molar-refractivity contribution in [3.8, 4) is 0 Å². The Morgan fingerprint density at radius 1 is 1.30 bits per heavy atom. The summed E-state index contributed by atoms with van der Waals surface area (Å²) in [5, 5.41) is 3.66. The molecule has 5 heteroatoms. The molecule has 0 heterocycles. The van der Waals surface area contributed by atoms with E-state index >= 15 is 0 Å². The number of amides is 1. The van der Waals surface area contributed by atoms with Gasteiger partial charge in [-0.25, -0.2) is 0 Å². The maximum absolute atomic E-state index is 13.1. The lowest BCUT2D eigenvalue weighted by atomic mass is 9.64. The van der Waals surface area contributed by atoms with Gasteiger partial charge in [0.2, 0.25) is 5.91 Å². The molecule has 0 radical (unpaired) electrons. The highest BCUT2D eigenvalue weighted by Gasteiger charge is 2.76. The molecule has 2 aliphatic rings. The third-order valence-electron chi connectivity index (χ3n) is 6.52. The molecule has 124 valence electrons. The number of fused-ring (bicyclic) bond motifs is 2. The highest BCUT2D eigenvalue weighted by molar-refractivity contribution is 9.10. The molecule has 1 aromatic rings. The summed E-state index contributed by atoms with van der Waals surface area (Å²) < 4.78 is 0. The fourth-order valence-corrected chi connectivity index (χ4v) is 6.15. The summed E-state index contributed by atoms with van der Waals surface area (Å²) in [5.74, 6) is 0.0977. The summed E-state index contributed by atoms with van der Waals surface area (Å²) in [6, 6.07) is 7.47. The van der Waals surface area contributed by atoms with Crippen LogP contribution in [0.1, 0.15) is 39.2 Å². The van der Waals surface area contributed by atoms with Crippen LogP contribution in [-0.4, -0.2) is 16.5 Å². The molecule has 1 N–H and O–H groups in total. The van der Waals surface area contributed by atoms with Crippen LogP contribution in [0.5, 0.6) is 0 Å². The fourth-order valence-electron chi connectivity index (χ4n) is 4.43. The van der Waals surface area contributed by atoms with Crippen molar-refractivity contribution in [1.29, 1.82) is 0 Å². The third kappa shape index (κ3) is 2.00. The van der Waals surface area contributed by atoms with Crippen molar-refractivity contribution in [3.63, 3.8) is 0 Å². The smallest absolute Gasteiger partial charge is 0.228 e. The molecule has 3 atom stereocenters. The molecule has 0 aliphatic heterocycles. The molecule has 3 rings (SSSR count). The van der Waals surface area contributed by atoms with E-state index in [4.69, 9.17) is 11.6 Å². The molecule has 3 nitrogen and oxygen atoms in total. The lowest BCUT2D eigenvalue weighted by Crippen LogP contribution is -2.50. The first kappa shape index (κ1) is 17.0. The van der Waals surface area contributed by atoms with Crippen molar-refractivity contribution < 1.29 is 9.59 Å². The van der Waals surface area contributed by atoms with Gasteiger partial charge in [-0.05, 0) is 29.9 Å². The number of rotatable bonds is 3. The normalized spacial score (nSPS) is 34.7. The molecule has 2 fully saturated rings. The predicted molar refractivity (Wildman–Crippen MR) is 94.6 cm³/mol. The van der Waals surface area contributed by atoms with Crippen LogP contribution >= 0.6 is 27.5 Å². The van der Waals surface area contributed by atoms with Gasteiger partial charge < -0.3 is 5.32 Å². The number of hydrogen-bond acceptors (Lipinski definition) is 2. The first-order chi connectivity index (χ1) is 10.7. The van der Waals surface area contributed by atoms with Crippen LogP contribution in [0.2, 0.25) is 5.02 Å². The topological polar surface area (TPSA) is 46.2 Å². The summed E-state index contributed by atoms with van der Waals surface area (Å²) in [6.45, 7) is 6.48. The maximum atomic E-state index is 13.1. The van der Waals surface area contributed by atoms with Crippen LogP contribution in [-0.2, 0) is 16.1 Å². The summed E-state index contributed by atoms with van der Waals surface area (Å²) >= 11 is 9.69. The monoisotopic (exact) mass is 397 g/mol. The van der Waals surface area contributed by atoms with Crippen LogP contribution in [0.4, 0.5) is 0 Å². The van der Waals surface area contributed by atoms with Gasteiger partial charge in [-0.15, -0.1) is 0 Å². The lowest BCUT2D eigenvalue weighted by molar-refractivity contribution is -0.136. The van der Waals surface area contributed by atoms with E-state index in [-0.39, 0.29) is 17.1 Å². The Hall–Kier alpha value is -0.870. The van der Waals surface area contributed by atoms with E-state index in [2.05, 4.69) is 21.2 Å². The van der Waals surface area contributed by atoms with Gasteiger partial charge in [0.05, 0.1) is 10.2 Å². The predicted octanol–water partition coefficient (Wildman–Crippen LogP) is 4.12. The Morgan fingerprint density at radius 3 is 2.52 bits per heavy atom. The SMILES string of the molecule is CC1(C)[C@]2(C(=O)NCc3ccccc3Cl)CC[C@]1(C)C(=O)[C@H]2Br. The second-order valence-electron chi connectivity index (χ2n) is 7.43. The maximum Gasteiger partial charge on any atom is 0.228 e. The number of nitrogens with one attached hydrogen (secondary N) is 1. The number of Topliss-reactive ketones (excluding diaryl/α,β-unsaturated/α-hetero) is 1. The molecule has 2 bridgehead atoms. The van der Waals surface area contributed by atoms with Gasteiger partial charge in [-0.2, -0.15) is 0 Å². The number of ketones is 1. The fraction of sp³-hybridized carbons (Fsp3) is 0.556. The Morgan fingerprint density at radius 2 is 1.96 bits per heavy atom. The van der Waals surface area contributed by atoms with E-state index in [1.165, 1.54) is 0 Å². The zero-order valence-corrected chi connectivity index (χ0v) is 15.9. The lowest BCUT2D eigenvalue weighted by Gasteiger charge is -2.39. The van der Waals surface area contributed by atoms with Crippen molar-refractivity contribution in [2.45, 2.75) is 45.0 Å². The van der Waals surface area contributed by atoms with E-state index < -0.39 is 15.7 Å². The molecule has 0 unspecified atom stereocenters. The first-order valence-electron chi connectivity index (χ1n) is 7.88. The standard InChI is InChI=1S/C18H21BrClNO2/c1-16(2)17(3)8-9-18(16,13(19)14(17)22)15(23)21-10-11-6-4-5-7-12(11)20/h4-7,13H,8-10H2,1-3H3,(H,21,23)/t13-,17-,18-/m1/s1. The minimum absolute atomic E-state index is 0.0566. The highest BCUT2D eigenvalue weighted by atomic mass is 79.9. The average molecular weight is 399 g/mol. The molecule has 0 saturated heterocycles. The van der Waals surface area contributed by atoms with E-state index in [1.807, 2.05) is 45.0 Å². The Balaban J connectivity index is 1.87.